The summed E-state index contributed by atoms with van der Waals surface area (Å²) >= 11 is 5.91. The summed E-state index contributed by atoms with van der Waals surface area (Å²) in [5.41, 5.74) is 0.458. The van der Waals surface area contributed by atoms with Crippen molar-refractivity contribution < 1.29 is 13.2 Å². The Labute approximate surface area is 155 Å². The molecule has 1 saturated heterocycles. The van der Waals surface area contributed by atoms with Crippen molar-refractivity contribution in [2.75, 3.05) is 43.3 Å². The van der Waals surface area contributed by atoms with Gasteiger partial charge in [-0.3, -0.25) is 9.10 Å². The summed E-state index contributed by atoms with van der Waals surface area (Å²) in [5, 5.41) is 0.521. The monoisotopic (exact) mass is 387 g/mol. The first-order valence-electron chi connectivity index (χ1n) is 8.54. The second-order valence-corrected chi connectivity index (χ2v) is 8.51. The van der Waals surface area contributed by atoms with Gasteiger partial charge in [0.05, 0.1) is 11.9 Å². The zero-order valence-electron chi connectivity index (χ0n) is 15.0. The first kappa shape index (κ1) is 20.0. The second-order valence-electron chi connectivity index (χ2n) is 6.22. The molecule has 0 saturated carbocycles. The van der Waals surface area contributed by atoms with Crippen LogP contribution in [0.3, 0.4) is 0 Å². The van der Waals surface area contributed by atoms with Crippen molar-refractivity contribution in [1.82, 2.24) is 9.80 Å². The second kappa shape index (κ2) is 8.38. The number of carbonyl (C=O) groups is 1. The Morgan fingerprint density at radius 1 is 1.16 bits per heavy atom. The van der Waals surface area contributed by atoms with Gasteiger partial charge in [0.25, 0.3) is 0 Å². The number of rotatable bonds is 6. The third-order valence-electron chi connectivity index (χ3n) is 4.52. The van der Waals surface area contributed by atoms with Crippen LogP contribution in [0.5, 0.6) is 0 Å². The maximum Gasteiger partial charge on any atom is 0.246 e. The molecule has 8 heteroatoms. The normalized spacial score (nSPS) is 17.4. The van der Waals surface area contributed by atoms with Crippen LogP contribution >= 0.6 is 11.6 Å². The Morgan fingerprint density at radius 3 is 2.16 bits per heavy atom. The van der Waals surface area contributed by atoms with E-state index in [1.54, 1.807) is 29.2 Å². The highest BCUT2D eigenvalue weighted by Crippen LogP contribution is 2.25. The average Bonchev–Trinajstić information content (AvgIpc) is 2.59. The lowest BCUT2D eigenvalue weighted by atomic mass is 10.1. The van der Waals surface area contributed by atoms with Crippen molar-refractivity contribution in [1.29, 1.82) is 0 Å². The number of anilines is 1. The summed E-state index contributed by atoms with van der Waals surface area (Å²) in [7, 11) is -3.61. The number of piperazine rings is 1. The third kappa shape index (κ3) is 4.86. The molecule has 0 aromatic heterocycles. The molecule has 1 unspecified atom stereocenters. The summed E-state index contributed by atoms with van der Waals surface area (Å²) in [6, 6.07) is 5.78. The number of halogens is 1. The average molecular weight is 388 g/mol. The molecule has 1 aliphatic rings. The van der Waals surface area contributed by atoms with E-state index in [4.69, 9.17) is 11.6 Å². The van der Waals surface area contributed by atoms with E-state index < -0.39 is 16.1 Å². The summed E-state index contributed by atoms with van der Waals surface area (Å²) in [5.74, 6) is -0.140. The number of carbonyl (C=O) groups excluding carboxylic acids is 1. The minimum Gasteiger partial charge on any atom is -0.338 e. The number of benzene rings is 1. The van der Waals surface area contributed by atoms with E-state index in [2.05, 4.69) is 11.8 Å². The van der Waals surface area contributed by atoms with E-state index >= 15 is 0 Å². The van der Waals surface area contributed by atoms with Crippen LogP contribution in [0.2, 0.25) is 5.02 Å². The maximum atomic E-state index is 13.0. The van der Waals surface area contributed by atoms with Gasteiger partial charge >= 0.3 is 0 Å². The third-order valence-corrected chi connectivity index (χ3v) is 5.96. The SMILES string of the molecule is CCC(C(=O)N1CCN(CC)CC1)N(c1ccc(Cl)cc1)S(C)(=O)=O. The van der Waals surface area contributed by atoms with Crippen molar-refractivity contribution in [2.45, 2.75) is 26.3 Å². The Hall–Kier alpha value is -1.31. The predicted octanol–water partition coefficient (Wildman–Crippen LogP) is 2.05. The lowest BCUT2D eigenvalue weighted by Crippen LogP contribution is -2.55. The minimum absolute atomic E-state index is 0.140. The van der Waals surface area contributed by atoms with Crippen molar-refractivity contribution >= 4 is 33.2 Å². The van der Waals surface area contributed by atoms with E-state index in [1.165, 1.54) is 4.31 Å². The van der Waals surface area contributed by atoms with E-state index in [0.717, 1.165) is 25.9 Å². The van der Waals surface area contributed by atoms with Gasteiger partial charge < -0.3 is 9.80 Å². The smallest absolute Gasteiger partial charge is 0.246 e. The topological polar surface area (TPSA) is 60.9 Å². The highest BCUT2D eigenvalue weighted by molar-refractivity contribution is 7.92. The van der Waals surface area contributed by atoms with Gasteiger partial charge in [0.1, 0.15) is 6.04 Å². The molecule has 0 radical (unpaired) electrons. The molecule has 0 N–H and O–H groups in total. The van der Waals surface area contributed by atoms with Crippen molar-refractivity contribution in [3.8, 4) is 0 Å². The fourth-order valence-corrected chi connectivity index (χ4v) is 4.46. The molecule has 1 fully saturated rings. The fourth-order valence-electron chi connectivity index (χ4n) is 3.13. The summed E-state index contributed by atoms with van der Waals surface area (Å²) in [6.45, 7) is 7.77. The number of hydrogen-bond acceptors (Lipinski definition) is 4. The van der Waals surface area contributed by atoms with Crippen LogP contribution in [-0.2, 0) is 14.8 Å². The Morgan fingerprint density at radius 2 is 1.72 bits per heavy atom. The lowest BCUT2D eigenvalue weighted by molar-refractivity contribution is -0.134. The summed E-state index contributed by atoms with van der Waals surface area (Å²) in [6.07, 6.45) is 1.54. The number of sulfonamides is 1. The molecule has 140 valence electrons. The van der Waals surface area contributed by atoms with Crippen LogP contribution in [0.1, 0.15) is 20.3 Å². The van der Waals surface area contributed by atoms with Gasteiger partial charge in [-0.1, -0.05) is 25.4 Å². The van der Waals surface area contributed by atoms with E-state index in [9.17, 15) is 13.2 Å². The number of likely N-dealkylation sites (N-methyl/N-ethyl adjacent to an activating group) is 1. The highest BCUT2D eigenvalue weighted by atomic mass is 35.5. The Balaban J connectivity index is 2.27. The molecule has 1 amide bonds. The first-order chi connectivity index (χ1) is 11.8. The molecule has 1 aromatic carbocycles. The highest BCUT2D eigenvalue weighted by Gasteiger charge is 2.35. The molecule has 25 heavy (non-hydrogen) atoms. The lowest BCUT2D eigenvalue weighted by Gasteiger charge is -2.38. The molecular weight excluding hydrogens is 362 g/mol. The fraction of sp³-hybridized carbons (Fsp3) is 0.588. The number of nitrogens with zero attached hydrogens (tertiary/aromatic N) is 3. The van der Waals surface area contributed by atoms with Crippen molar-refractivity contribution in [2.24, 2.45) is 0 Å². The predicted molar refractivity (Wildman–Crippen MR) is 102 cm³/mol. The molecule has 0 aliphatic carbocycles. The van der Waals surface area contributed by atoms with Crippen LogP contribution in [-0.4, -0.2) is 69.1 Å². The van der Waals surface area contributed by atoms with Crippen LogP contribution in [0, 0.1) is 0 Å². The van der Waals surface area contributed by atoms with Gasteiger partial charge in [-0.05, 0) is 37.2 Å². The molecule has 2 rings (SSSR count). The standard InChI is InChI=1S/C17H26ClN3O3S/c1-4-16(17(22)20-12-10-19(5-2)11-13-20)21(25(3,23)24)15-8-6-14(18)7-9-15/h6-9,16H,4-5,10-13H2,1-3H3. The van der Waals surface area contributed by atoms with Gasteiger partial charge in [-0.15, -0.1) is 0 Å². The number of hydrogen-bond donors (Lipinski definition) is 0. The van der Waals surface area contributed by atoms with Crippen molar-refractivity contribution in [3.63, 3.8) is 0 Å². The van der Waals surface area contributed by atoms with Crippen LogP contribution in [0.15, 0.2) is 24.3 Å². The van der Waals surface area contributed by atoms with E-state index in [0.29, 0.717) is 30.2 Å². The van der Waals surface area contributed by atoms with Gasteiger partial charge in [0.15, 0.2) is 0 Å². The molecule has 1 atom stereocenters. The molecule has 1 aromatic rings. The van der Waals surface area contributed by atoms with Gasteiger partial charge in [0.2, 0.25) is 15.9 Å². The molecular formula is C17H26ClN3O3S. The molecule has 1 heterocycles. The first-order valence-corrected chi connectivity index (χ1v) is 10.8. The molecule has 0 spiro atoms. The Kier molecular flexibility index (Phi) is 6.71. The molecule has 0 bridgehead atoms. The Bertz CT molecular complexity index is 686. The molecule has 6 nitrogen and oxygen atoms in total. The minimum atomic E-state index is -3.61. The number of amides is 1. The summed E-state index contributed by atoms with van der Waals surface area (Å²) in [4.78, 5) is 17.1. The zero-order valence-corrected chi connectivity index (χ0v) is 16.6. The van der Waals surface area contributed by atoms with Gasteiger partial charge in [-0.25, -0.2) is 8.42 Å². The maximum absolute atomic E-state index is 13.0. The van der Waals surface area contributed by atoms with E-state index in [1.807, 2.05) is 6.92 Å². The van der Waals surface area contributed by atoms with E-state index in [-0.39, 0.29) is 5.91 Å². The zero-order chi connectivity index (χ0) is 18.6. The largest absolute Gasteiger partial charge is 0.338 e. The molecule has 1 aliphatic heterocycles. The summed E-state index contributed by atoms with van der Waals surface area (Å²) < 4.78 is 26.1. The van der Waals surface area contributed by atoms with Crippen LogP contribution in [0.25, 0.3) is 0 Å². The van der Waals surface area contributed by atoms with Gasteiger partial charge in [-0.2, -0.15) is 0 Å². The quantitative estimate of drug-likeness (QED) is 0.749. The van der Waals surface area contributed by atoms with Crippen LogP contribution < -0.4 is 4.31 Å². The van der Waals surface area contributed by atoms with Crippen LogP contribution in [0.4, 0.5) is 5.69 Å². The van der Waals surface area contributed by atoms with Crippen molar-refractivity contribution in [3.05, 3.63) is 29.3 Å². The van der Waals surface area contributed by atoms with Gasteiger partial charge in [0, 0.05) is 31.2 Å².